The van der Waals surface area contributed by atoms with Gasteiger partial charge in [0.2, 0.25) is 5.95 Å². The van der Waals surface area contributed by atoms with Crippen molar-refractivity contribution in [2.24, 2.45) is 0 Å². The largest absolute Gasteiger partial charge is 0.430 e. The summed E-state index contributed by atoms with van der Waals surface area (Å²) in [5.41, 5.74) is 9.81. The van der Waals surface area contributed by atoms with E-state index in [0.717, 1.165) is 16.0 Å². The zero-order valence-corrected chi connectivity index (χ0v) is 18.7. The van der Waals surface area contributed by atoms with E-state index in [1.54, 1.807) is 10.6 Å². The number of thiazole rings is 1. The zero-order chi connectivity index (χ0) is 22.1. The quantitative estimate of drug-likeness (QED) is 0.619. The molecule has 0 aliphatic carbocycles. The Morgan fingerprint density at radius 2 is 2.10 bits per heavy atom. The SMILES string of the molecule is Cc1ccc(NC(=O)ON2CCN(c3nc(N)nc4scnc34)[C@@H](C)C2)c(N(C)C)n1. The molecule has 164 valence electrons. The van der Waals surface area contributed by atoms with Crippen LogP contribution in [0.1, 0.15) is 12.6 Å². The lowest BCUT2D eigenvalue weighted by molar-refractivity contribution is -0.103. The van der Waals surface area contributed by atoms with E-state index in [0.29, 0.717) is 37.0 Å². The van der Waals surface area contributed by atoms with Crippen molar-refractivity contribution < 1.29 is 9.63 Å². The second kappa shape index (κ2) is 8.47. The van der Waals surface area contributed by atoms with E-state index in [1.165, 1.54) is 11.3 Å². The van der Waals surface area contributed by atoms with E-state index in [1.807, 2.05) is 45.0 Å². The molecular formula is C19H25N9O2S. The number of piperazine rings is 1. The van der Waals surface area contributed by atoms with Gasteiger partial charge in [-0.25, -0.2) is 19.7 Å². The summed E-state index contributed by atoms with van der Waals surface area (Å²) in [5, 5.41) is 4.43. The number of hydroxylamine groups is 2. The number of fused-ring (bicyclic) bond motifs is 1. The minimum Gasteiger partial charge on any atom is -0.368 e. The van der Waals surface area contributed by atoms with Crippen molar-refractivity contribution in [3.05, 3.63) is 23.3 Å². The molecule has 1 amide bonds. The highest BCUT2D eigenvalue weighted by Gasteiger charge is 2.29. The minimum absolute atomic E-state index is 0.0270. The van der Waals surface area contributed by atoms with Crippen LogP contribution in [-0.2, 0) is 4.84 Å². The number of carbonyl (C=O) groups excluding carboxylic acids is 1. The predicted molar refractivity (Wildman–Crippen MR) is 121 cm³/mol. The minimum atomic E-state index is -0.553. The Morgan fingerprint density at radius 1 is 1.29 bits per heavy atom. The Kier molecular flexibility index (Phi) is 5.74. The average molecular weight is 444 g/mol. The Morgan fingerprint density at radius 3 is 2.84 bits per heavy atom. The van der Waals surface area contributed by atoms with E-state index in [4.69, 9.17) is 10.6 Å². The maximum absolute atomic E-state index is 12.5. The molecule has 1 aliphatic heterocycles. The van der Waals surface area contributed by atoms with Gasteiger partial charge in [-0.2, -0.15) is 4.98 Å². The third kappa shape index (κ3) is 4.44. The summed E-state index contributed by atoms with van der Waals surface area (Å²) in [7, 11) is 3.75. The second-order valence-electron chi connectivity index (χ2n) is 7.56. The van der Waals surface area contributed by atoms with E-state index in [-0.39, 0.29) is 12.0 Å². The van der Waals surface area contributed by atoms with Gasteiger partial charge in [-0.3, -0.25) is 5.32 Å². The fraction of sp³-hybridized carbons (Fsp3) is 0.421. The van der Waals surface area contributed by atoms with Crippen molar-refractivity contribution in [2.45, 2.75) is 19.9 Å². The fourth-order valence-electron chi connectivity index (χ4n) is 3.52. The van der Waals surface area contributed by atoms with Gasteiger partial charge in [0.05, 0.1) is 24.3 Å². The number of amides is 1. The van der Waals surface area contributed by atoms with Gasteiger partial charge in [0.25, 0.3) is 0 Å². The summed E-state index contributed by atoms with van der Waals surface area (Å²) in [6.45, 7) is 5.57. The molecule has 12 heteroatoms. The molecule has 0 saturated carbocycles. The number of aromatic nitrogens is 4. The molecule has 31 heavy (non-hydrogen) atoms. The predicted octanol–water partition coefficient (Wildman–Crippen LogP) is 2.11. The maximum Gasteiger partial charge on any atom is 0.430 e. The fourth-order valence-corrected chi connectivity index (χ4v) is 4.18. The maximum atomic E-state index is 12.5. The molecular weight excluding hydrogens is 418 g/mol. The van der Waals surface area contributed by atoms with Crippen molar-refractivity contribution in [2.75, 3.05) is 54.6 Å². The standard InChI is InChI=1S/C19H25N9O2S/c1-11-5-6-13(15(22-11)26(3)4)23-19(29)30-27-7-8-28(12(2)9-27)16-14-17(31-10-21-14)25-18(20)24-16/h5-6,10,12H,7-9H2,1-4H3,(H,23,29)(H2,20,24,25)/t12-/m0/s1. The molecule has 4 heterocycles. The van der Waals surface area contributed by atoms with Crippen LogP contribution in [0, 0.1) is 6.92 Å². The van der Waals surface area contributed by atoms with Gasteiger partial charge >= 0.3 is 6.09 Å². The van der Waals surface area contributed by atoms with Crippen molar-refractivity contribution in [1.29, 1.82) is 0 Å². The van der Waals surface area contributed by atoms with E-state index >= 15 is 0 Å². The molecule has 0 radical (unpaired) electrons. The van der Waals surface area contributed by atoms with Crippen LogP contribution in [-0.4, -0.2) is 70.9 Å². The Labute approximate surface area is 183 Å². The highest BCUT2D eigenvalue weighted by molar-refractivity contribution is 7.16. The van der Waals surface area contributed by atoms with E-state index < -0.39 is 6.09 Å². The summed E-state index contributed by atoms with van der Waals surface area (Å²) < 4.78 is 0. The molecule has 1 atom stereocenters. The number of pyridine rings is 1. The molecule has 1 saturated heterocycles. The normalized spacial score (nSPS) is 17.0. The molecule has 1 aliphatic rings. The van der Waals surface area contributed by atoms with Crippen LogP contribution < -0.4 is 20.9 Å². The number of carbonyl (C=O) groups is 1. The third-order valence-electron chi connectivity index (χ3n) is 4.95. The third-order valence-corrected chi connectivity index (χ3v) is 5.66. The number of hydrogen-bond acceptors (Lipinski definition) is 11. The van der Waals surface area contributed by atoms with Crippen LogP contribution in [0.2, 0.25) is 0 Å². The smallest absolute Gasteiger partial charge is 0.368 e. The summed E-state index contributed by atoms with van der Waals surface area (Å²) in [5.74, 6) is 1.60. The molecule has 0 aromatic carbocycles. The Balaban J connectivity index is 1.42. The first kappa shape index (κ1) is 21.0. The molecule has 3 aromatic heterocycles. The van der Waals surface area contributed by atoms with Crippen LogP contribution in [0.25, 0.3) is 10.3 Å². The number of hydrogen-bond donors (Lipinski definition) is 2. The molecule has 0 bridgehead atoms. The van der Waals surface area contributed by atoms with Crippen LogP contribution in [0.5, 0.6) is 0 Å². The molecule has 3 aromatic rings. The molecule has 0 unspecified atom stereocenters. The number of nitrogen functional groups attached to an aromatic ring is 1. The average Bonchev–Trinajstić information content (AvgIpc) is 3.17. The number of aryl methyl sites for hydroxylation is 1. The molecule has 11 nitrogen and oxygen atoms in total. The molecule has 1 fully saturated rings. The Hall–Kier alpha value is -3.25. The van der Waals surface area contributed by atoms with Gasteiger partial charge in [0, 0.05) is 32.4 Å². The number of rotatable bonds is 4. The molecule has 4 rings (SSSR count). The van der Waals surface area contributed by atoms with Gasteiger partial charge in [-0.05, 0) is 26.0 Å². The topological polar surface area (TPSA) is 126 Å². The second-order valence-corrected chi connectivity index (χ2v) is 8.40. The number of nitrogens with two attached hydrogens (primary N) is 1. The van der Waals surface area contributed by atoms with Gasteiger partial charge in [-0.1, -0.05) is 0 Å². The number of nitrogens with one attached hydrogen (secondary N) is 1. The lowest BCUT2D eigenvalue weighted by atomic mass is 10.2. The van der Waals surface area contributed by atoms with Crippen molar-refractivity contribution in [3.63, 3.8) is 0 Å². The van der Waals surface area contributed by atoms with Crippen molar-refractivity contribution in [3.8, 4) is 0 Å². The highest BCUT2D eigenvalue weighted by atomic mass is 32.1. The van der Waals surface area contributed by atoms with Gasteiger partial charge in [0.1, 0.15) is 5.52 Å². The van der Waals surface area contributed by atoms with E-state index in [9.17, 15) is 4.79 Å². The highest BCUT2D eigenvalue weighted by Crippen LogP contribution is 2.29. The molecule has 0 spiro atoms. The first-order valence-electron chi connectivity index (χ1n) is 9.84. The van der Waals surface area contributed by atoms with Crippen LogP contribution >= 0.6 is 11.3 Å². The zero-order valence-electron chi connectivity index (χ0n) is 17.9. The van der Waals surface area contributed by atoms with Gasteiger partial charge in [-0.15, -0.1) is 16.4 Å². The summed E-state index contributed by atoms with van der Waals surface area (Å²) >= 11 is 1.43. The van der Waals surface area contributed by atoms with Crippen LogP contribution in [0.4, 0.5) is 28.1 Å². The lowest BCUT2D eigenvalue weighted by Gasteiger charge is -2.39. The Bertz CT molecular complexity index is 1100. The monoisotopic (exact) mass is 443 g/mol. The first-order valence-corrected chi connectivity index (χ1v) is 10.7. The first-order chi connectivity index (χ1) is 14.8. The molecule has 3 N–H and O–H groups in total. The van der Waals surface area contributed by atoms with Crippen LogP contribution in [0.3, 0.4) is 0 Å². The van der Waals surface area contributed by atoms with E-state index in [2.05, 4.69) is 30.2 Å². The number of anilines is 4. The summed E-state index contributed by atoms with van der Waals surface area (Å²) in [6.07, 6.45) is -0.553. The van der Waals surface area contributed by atoms with Gasteiger partial charge < -0.3 is 20.4 Å². The lowest BCUT2D eigenvalue weighted by Crippen LogP contribution is -2.53. The van der Waals surface area contributed by atoms with Crippen molar-refractivity contribution >= 4 is 51.0 Å². The van der Waals surface area contributed by atoms with Gasteiger partial charge in [0.15, 0.2) is 16.5 Å². The van der Waals surface area contributed by atoms with Crippen LogP contribution in [0.15, 0.2) is 17.6 Å². The summed E-state index contributed by atoms with van der Waals surface area (Å²) in [4.78, 5) is 40.3. The summed E-state index contributed by atoms with van der Waals surface area (Å²) in [6, 6.07) is 3.69. The van der Waals surface area contributed by atoms with Crippen molar-refractivity contribution in [1.82, 2.24) is 25.0 Å². The number of nitrogens with zero attached hydrogens (tertiary/aromatic N) is 7.